The number of methoxy groups -OCH3 is 1. The Morgan fingerprint density at radius 3 is 2.24 bits per heavy atom. The molecule has 0 saturated heterocycles. The SMILES string of the molecule is CC#Cc1nc(-c2ccc(OC)cc2)nc(C(Cl)(Cl)Cl)n1. The molecular weight excluding hydrogens is 333 g/mol. The van der Waals surface area contributed by atoms with Gasteiger partial charge in [-0.25, -0.2) is 15.0 Å². The fraction of sp³-hybridized carbons (Fsp3) is 0.214. The number of aromatic nitrogens is 3. The first-order valence-corrected chi connectivity index (χ1v) is 6.98. The summed E-state index contributed by atoms with van der Waals surface area (Å²) < 4.78 is 3.36. The predicted molar refractivity (Wildman–Crippen MR) is 83.6 cm³/mol. The fourth-order valence-corrected chi connectivity index (χ4v) is 1.79. The molecule has 0 aliphatic rings. The number of nitrogens with zero attached hydrogens (tertiary/aromatic N) is 3. The third kappa shape index (κ3) is 3.98. The van der Waals surface area contributed by atoms with E-state index in [9.17, 15) is 0 Å². The number of benzene rings is 1. The van der Waals surface area contributed by atoms with Gasteiger partial charge in [0.15, 0.2) is 11.6 Å². The Balaban J connectivity index is 2.55. The molecule has 1 aromatic heterocycles. The molecule has 0 fully saturated rings. The zero-order chi connectivity index (χ0) is 15.5. The number of halogens is 3. The highest BCUT2D eigenvalue weighted by molar-refractivity contribution is 6.66. The topological polar surface area (TPSA) is 47.9 Å². The van der Waals surface area contributed by atoms with E-state index in [1.54, 1.807) is 38.3 Å². The molecule has 108 valence electrons. The summed E-state index contributed by atoms with van der Waals surface area (Å²) in [6.07, 6.45) is 0. The second-order valence-electron chi connectivity index (χ2n) is 3.91. The molecule has 0 spiro atoms. The van der Waals surface area contributed by atoms with Crippen LogP contribution in [0.2, 0.25) is 0 Å². The van der Waals surface area contributed by atoms with Crippen LogP contribution in [0.15, 0.2) is 24.3 Å². The van der Waals surface area contributed by atoms with Crippen molar-refractivity contribution in [1.82, 2.24) is 15.0 Å². The van der Waals surface area contributed by atoms with Crippen LogP contribution in [0.5, 0.6) is 5.75 Å². The van der Waals surface area contributed by atoms with Crippen molar-refractivity contribution in [3.05, 3.63) is 35.9 Å². The molecule has 0 aliphatic heterocycles. The average molecular weight is 343 g/mol. The monoisotopic (exact) mass is 341 g/mol. The molecule has 0 atom stereocenters. The molecule has 1 heterocycles. The molecule has 21 heavy (non-hydrogen) atoms. The summed E-state index contributed by atoms with van der Waals surface area (Å²) >= 11 is 17.5. The van der Waals surface area contributed by atoms with Gasteiger partial charge in [-0.05, 0) is 37.1 Å². The van der Waals surface area contributed by atoms with Gasteiger partial charge in [0.2, 0.25) is 9.62 Å². The van der Waals surface area contributed by atoms with Crippen LogP contribution in [0.25, 0.3) is 11.4 Å². The first-order valence-electron chi connectivity index (χ1n) is 5.84. The van der Waals surface area contributed by atoms with Crippen LogP contribution in [0, 0.1) is 11.8 Å². The highest BCUT2D eigenvalue weighted by Crippen LogP contribution is 2.36. The lowest BCUT2D eigenvalue weighted by Crippen LogP contribution is -2.11. The zero-order valence-corrected chi connectivity index (χ0v) is 13.5. The Kier molecular flexibility index (Phi) is 4.89. The van der Waals surface area contributed by atoms with Crippen molar-refractivity contribution in [2.45, 2.75) is 10.7 Å². The van der Waals surface area contributed by atoms with Gasteiger partial charge >= 0.3 is 0 Å². The van der Waals surface area contributed by atoms with Gasteiger partial charge in [-0.3, -0.25) is 0 Å². The van der Waals surface area contributed by atoms with Crippen molar-refractivity contribution in [3.8, 4) is 29.0 Å². The van der Waals surface area contributed by atoms with Gasteiger partial charge < -0.3 is 4.74 Å². The summed E-state index contributed by atoms with van der Waals surface area (Å²) in [4.78, 5) is 12.5. The molecule has 2 rings (SSSR count). The van der Waals surface area contributed by atoms with E-state index in [1.165, 1.54) is 0 Å². The van der Waals surface area contributed by atoms with Gasteiger partial charge in [0.05, 0.1) is 7.11 Å². The van der Waals surface area contributed by atoms with Crippen molar-refractivity contribution in [2.75, 3.05) is 7.11 Å². The summed E-state index contributed by atoms with van der Waals surface area (Å²) in [6, 6.07) is 7.19. The van der Waals surface area contributed by atoms with Crippen LogP contribution in [-0.4, -0.2) is 22.1 Å². The molecule has 0 radical (unpaired) electrons. The number of hydrogen-bond acceptors (Lipinski definition) is 4. The minimum atomic E-state index is -1.74. The smallest absolute Gasteiger partial charge is 0.250 e. The largest absolute Gasteiger partial charge is 0.497 e. The Labute approximate surface area is 137 Å². The first kappa shape index (κ1) is 15.8. The van der Waals surface area contributed by atoms with Crippen LogP contribution >= 0.6 is 34.8 Å². The molecule has 0 unspecified atom stereocenters. The van der Waals surface area contributed by atoms with E-state index in [4.69, 9.17) is 39.5 Å². The number of rotatable bonds is 2. The zero-order valence-electron chi connectivity index (χ0n) is 11.2. The van der Waals surface area contributed by atoms with Gasteiger partial charge in [-0.1, -0.05) is 40.7 Å². The second kappa shape index (κ2) is 6.48. The summed E-state index contributed by atoms with van der Waals surface area (Å²) in [5, 5.41) is 0. The van der Waals surface area contributed by atoms with Gasteiger partial charge in [0, 0.05) is 5.56 Å². The highest BCUT2D eigenvalue weighted by atomic mass is 35.6. The maximum absolute atomic E-state index is 5.85. The minimum absolute atomic E-state index is 0.0334. The van der Waals surface area contributed by atoms with Crippen LogP contribution in [0.4, 0.5) is 0 Å². The molecule has 0 aliphatic carbocycles. The molecule has 0 bridgehead atoms. The number of ether oxygens (including phenoxy) is 1. The van der Waals surface area contributed by atoms with Gasteiger partial charge in [0.1, 0.15) is 5.75 Å². The molecule has 4 nitrogen and oxygen atoms in total. The van der Waals surface area contributed by atoms with E-state index in [0.29, 0.717) is 5.82 Å². The Morgan fingerprint density at radius 1 is 1.05 bits per heavy atom. The summed E-state index contributed by atoms with van der Waals surface area (Å²) in [5.74, 6) is 6.84. The predicted octanol–water partition coefficient (Wildman–Crippen LogP) is 3.75. The van der Waals surface area contributed by atoms with Crippen molar-refractivity contribution in [3.63, 3.8) is 0 Å². The fourth-order valence-electron chi connectivity index (χ4n) is 1.54. The molecule has 0 amide bonds. The normalized spacial score (nSPS) is 10.7. The maximum Gasteiger partial charge on any atom is 0.250 e. The van der Waals surface area contributed by atoms with Crippen molar-refractivity contribution < 1.29 is 4.74 Å². The second-order valence-corrected chi connectivity index (χ2v) is 6.19. The van der Waals surface area contributed by atoms with Crippen molar-refractivity contribution >= 4 is 34.8 Å². The molecular formula is C14H10Cl3N3O. The molecule has 7 heteroatoms. The average Bonchev–Trinajstić information content (AvgIpc) is 2.46. The van der Waals surface area contributed by atoms with E-state index in [0.717, 1.165) is 11.3 Å². The lowest BCUT2D eigenvalue weighted by molar-refractivity contribution is 0.415. The lowest BCUT2D eigenvalue weighted by atomic mass is 10.2. The molecule has 0 N–H and O–H groups in total. The van der Waals surface area contributed by atoms with Crippen molar-refractivity contribution in [1.29, 1.82) is 0 Å². The van der Waals surface area contributed by atoms with E-state index in [1.807, 2.05) is 0 Å². The third-order valence-corrected chi connectivity index (χ3v) is 2.98. The van der Waals surface area contributed by atoms with Crippen LogP contribution in [-0.2, 0) is 3.79 Å². The van der Waals surface area contributed by atoms with Crippen LogP contribution in [0.1, 0.15) is 18.6 Å². The van der Waals surface area contributed by atoms with E-state index < -0.39 is 3.79 Å². The maximum atomic E-state index is 5.85. The first-order chi connectivity index (χ1) is 9.94. The Hall–Kier alpha value is -1.54. The third-order valence-electron chi connectivity index (χ3n) is 2.47. The molecule has 2 aromatic rings. The van der Waals surface area contributed by atoms with Gasteiger partial charge in [0.25, 0.3) is 0 Å². The Morgan fingerprint density at radius 2 is 1.71 bits per heavy atom. The minimum Gasteiger partial charge on any atom is -0.497 e. The van der Waals surface area contributed by atoms with Gasteiger partial charge in [-0.2, -0.15) is 0 Å². The number of hydrogen-bond donors (Lipinski definition) is 0. The van der Waals surface area contributed by atoms with Crippen molar-refractivity contribution in [2.24, 2.45) is 0 Å². The standard InChI is InChI=1S/C14H10Cl3N3O/c1-3-4-11-18-12(20-13(19-11)14(15,16)17)9-5-7-10(21-2)8-6-9/h5-8H,1-2H3. The molecule has 1 aromatic carbocycles. The van der Waals surface area contributed by atoms with Gasteiger partial charge in [-0.15, -0.1) is 0 Å². The Bertz CT molecular complexity index is 700. The highest BCUT2D eigenvalue weighted by Gasteiger charge is 2.28. The van der Waals surface area contributed by atoms with E-state index in [-0.39, 0.29) is 11.6 Å². The quantitative estimate of drug-likeness (QED) is 0.616. The van der Waals surface area contributed by atoms with Crippen LogP contribution in [0.3, 0.4) is 0 Å². The summed E-state index contributed by atoms with van der Waals surface area (Å²) in [6.45, 7) is 1.67. The number of alkyl halides is 3. The lowest BCUT2D eigenvalue weighted by Gasteiger charge is -2.11. The summed E-state index contributed by atoms with van der Waals surface area (Å²) in [5.41, 5.74) is 0.743. The van der Waals surface area contributed by atoms with Crippen LogP contribution < -0.4 is 4.74 Å². The van der Waals surface area contributed by atoms with E-state index >= 15 is 0 Å². The summed E-state index contributed by atoms with van der Waals surface area (Å²) in [7, 11) is 1.59. The molecule has 0 saturated carbocycles. The van der Waals surface area contributed by atoms with E-state index in [2.05, 4.69) is 26.8 Å².